The van der Waals surface area contributed by atoms with Gasteiger partial charge in [-0.2, -0.15) is 9.97 Å². The van der Waals surface area contributed by atoms with E-state index in [1.54, 1.807) is 6.07 Å². The predicted octanol–water partition coefficient (Wildman–Crippen LogP) is 2.00. The van der Waals surface area contributed by atoms with Gasteiger partial charge >= 0.3 is 6.01 Å². The van der Waals surface area contributed by atoms with Crippen LogP contribution < -0.4 is 9.47 Å². The zero-order valence-electron chi connectivity index (χ0n) is 15.5. The van der Waals surface area contributed by atoms with Crippen LogP contribution in [0.1, 0.15) is 23.2 Å². The Hall–Kier alpha value is -2.67. The maximum absolute atomic E-state index is 13.0. The van der Waals surface area contributed by atoms with Crippen LogP contribution in [0.2, 0.25) is 0 Å². The normalized spacial score (nSPS) is 24.0. The van der Waals surface area contributed by atoms with Crippen molar-refractivity contribution in [1.29, 1.82) is 0 Å². The van der Waals surface area contributed by atoms with Crippen LogP contribution in [0, 0.1) is 11.8 Å². The lowest BCUT2D eigenvalue weighted by atomic mass is 9.94. The van der Waals surface area contributed by atoms with Crippen LogP contribution in [0.25, 0.3) is 11.3 Å². The van der Waals surface area contributed by atoms with Gasteiger partial charge in [0.15, 0.2) is 0 Å². The van der Waals surface area contributed by atoms with Gasteiger partial charge in [0, 0.05) is 42.1 Å². The molecule has 142 valence electrons. The SMILES string of the molecule is COc1cc(-c2cccc(C(=O)N3C[C@H]4CC[C@@H](C3)C4O)c2)nc(OC)n1. The summed E-state index contributed by atoms with van der Waals surface area (Å²) in [6.07, 6.45) is 1.73. The first kappa shape index (κ1) is 17.7. The molecule has 1 saturated carbocycles. The summed E-state index contributed by atoms with van der Waals surface area (Å²) in [5.41, 5.74) is 2.03. The second-order valence-corrected chi connectivity index (χ2v) is 7.16. The number of likely N-dealkylation sites (tertiary alicyclic amines) is 1. The molecule has 1 aromatic carbocycles. The van der Waals surface area contributed by atoms with Gasteiger partial charge in [-0.3, -0.25) is 4.79 Å². The number of hydrogen-bond donors (Lipinski definition) is 1. The van der Waals surface area contributed by atoms with Crippen molar-refractivity contribution in [2.75, 3.05) is 27.3 Å². The number of carbonyl (C=O) groups excluding carboxylic acids is 1. The number of piperidine rings is 1. The third-order valence-electron chi connectivity index (χ3n) is 5.55. The predicted molar refractivity (Wildman–Crippen MR) is 98.7 cm³/mol. The van der Waals surface area contributed by atoms with Crippen LogP contribution in [0.5, 0.6) is 11.9 Å². The zero-order valence-corrected chi connectivity index (χ0v) is 15.5. The summed E-state index contributed by atoms with van der Waals surface area (Å²) in [6.45, 7) is 1.24. The quantitative estimate of drug-likeness (QED) is 0.887. The summed E-state index contributed by atoms with van der Waals surface area (Å²) in [5.74, 6) is 0.793. The molecule has 1 saturated heterocycles. The second-order valence-electron chi connectivity index (χ2n) is 7.16. The second kappa shape index (κ2) is 7.15. The minimum atomic E-state index is -0.263. The highest BCUT2D eigenvalue weighted by atomic mass is 16.5. The van der Waals surface area contributed by atoms with E-state index >= 15 is 0 Å². The summed E-state index contributed by atoms with van der Waals surface area (Å²) in [6, 6.07) is 9.30. The van der Waals surface area contributed by atoms with Gasteiger partial charge in [-0.25, -0.2) is 0 Å². The van der Waals surface area contributed by atoms with Gasteiger partial charge in [0.25, 0.3) is 5.91 Å². The number of benzene rings is 1. The van der Waals surface area contributed by atoms with E-state index in [9.17, 15) is 9.90 Å². The largest absolute Gasteiger partial charge is 0.481 e. The highest BCUT2D eigenvalue weighted by molar-refractivity contribution is 5.95. The van der Waals surface area contributed by atoms with Gasteiger partial charge in [-0.1, -0.05) is 12.1 Å². The van der Waals surface area contributed by atoms with Crippen LogP contribution in [-0.4, -0.2) is 59.3 Å². The third kappa shape index (κ3) is 3.35. The average molecular weight is 369 g/mol. The fraction of sp³-hybridized carbons (Fsp3) is 0.450. The van der Waals surface area contributed by atoms with E-state index < -0.39 is 0 Å². The monoisotopic (exact) mass is 369 g/mol. The minimum Gasteiger partial charge on any atom is -0.481 e. The number of methoxy groups -OCH3 is 2. The number of ether oxygens (including phenoxy) is 2. The molecule has 0 radical (unpaired) electrons. The molecule has 7 nitrogen and oxygen atoms in total. The Morgan fingerprint density at radius 2 is 1.85 bits per heavy atom. The molecular formula is C20H23N3O4. The molecule has 1 N–H and O–H groups in total. The fourth-order valence-electron chi connectivity index (χ4n) is 4.10. The van der Waals surface area contributed by atoms with Gasteiger partial charge in [0.1, 0.15) is 0 Å². The molecule has 7 heteroatoms. The lowest BCUT2D eigenvalue weighted by molar-refractivity contribution is 0.0166. The zero-order chi connectivity index (χ0) is 19.0. The smallest absolute Gasteiger partial charge is 0.320 e. The summed E-state index contributed by atoms with van der Waals surface area (Å²) in [5, 5.41) is 10.2. The van der Waals surface area contributed by atoms with Crippen LogP contribution in [-0.2, 0) is 0 Å². The molecule has 4 rings (SSSR count). The van der Waals surface area contributed by atoms with E-state index in [2.05, 4.69) is 9.97 Å². The van der Waals surface area contributed by atoms with Crippen molar-refractivity contribution in [3.8, 4) is 23.1 Å². The lowest BCUT2D eigenvalue weighted by Crippen LogP contribution is -2.47. The van der Waals surface area contributed by atoms with Gasteiger partial charge in [0.05, 0.1) is 26.0 Å². The maximum atomic E-state index is 13.0. The number of fused-ring (bicyclic) bond motifs is 2. The lowest BCUT2D eigenvalue weighted by Gasteiger charge is -2.35. The van der Waals surface area contributed by atoms with E-state index in [1.165, 1.54) is 14.2 Å². The highest BCUT2D eigenvalue weighted by Crippen LogP contribution is 2.37. The Bertz CT molecular complexity index is 821. The molecule has 2 fully saturated rings. The molecule has 0 spiro atoms. The molecule has 1 unspecified atom stereocenters. The minimum absolute atomic E-state index is 0.00589. The first-order valence-electron chi connectivity index (χ1n) is 9.14. The molecule has 27 heavy (non-hydrogen) atoms. The van der Waals surface area contributed by atoms with E-state index in [1.807, 2.05) is 29.2 Å². The Morgan fingerprint density at radius 3 is 2.52 bits per heavy atom. The molecule has 2 aliphatic rings. The third-order valence-corrected chi connectivity index (χ3v) is 5.55. The Balaban J connectivity index is 1.60. The first-order chi connectivity index (χ1) is 13.1. The number of aromatic nitrogens is 2. The topological polar surface area (TPSA) is 84.8 Å². The van der Waals surface area contributed by atoms with Gasteiger partial charge in [-0.05, 0) is 25.0 Å². The molecule has 1 aliphatic heterocycles. The maximum Gasteiger partial charge on any atom is 0.320 e. The van der Waals surface area contributed by atoms with Crippen LogP contribution in [0.4, 0.5) is 0 Å². The molecule has 1 aromatic heterocycles. The molecule has 3 atom stereocenters. The summed E-state index contributed by atoms with van der Waals surface area (Å²) >= 11 is 0. The molecule has 1 aliphatic carbocycles. The van der Waals surface area contributed by atoms with Crippen molar-refractivity contribution in [1.82, 2.24) is 14.9 Å². The summed E-state index contributed by atoms with van der Waals surface area (Å²) in [7, 11) is 3.03. The van der Waals surface area contributed by atoms with Crippen LogP contribution >= 0.6 is 0 Å². The molecule has 2 aromatic rings. The highest BCUT2D eigenvalue weighted by Gasteiger charge is 2.42. The number of aliphatic hydroxyl groups is 1. The fourth-order valence-corrected chi connectivity index (χ4v) is 4.10. The van der Waals surface area contributed by atoms with Crippen molar-refractivity contribution in [2.45, 2.75) is 18.9 Å². The Labute approximate surface area is 158 Å². The van der Waals surface area contributed by atoms with Crippen LogP contribution in [0.3, 0.4) is 0 Å². The van der Waals surface area contributed by atoms with E-state index in [4.69, 9.17) is 9.47 Å². The number of rotatable bonds is 4. The number of hydrogen-bond acceptors (Lipinski definition) is 6. The number of aliphatic hydroxyl groups excluding tert-OH is 1. The van der Waals surface area contributed by atoms with Gasteiger partial charge < -0.3 is 19.5 Å². The molecular weight excluding hydrogens is 346 g/mol. The number of carbonyl (C=O) groups is 1. The van der Waals surface area contributed by atoms with Crippen molar-refractivity contribution in [3.05, 3.63) is 35.9 Å². The number of amides is 1. The van der Waals surface area contributed by atoms with Crippen molar-refractivity contribution in [2.24, 2.45) is 11.8 Å². The molecule has 2 heterocycles. The molecule has 1 amide bonds. The van der Waals surface area contributed by atoms with Crippen molar-refractivity contribution in [3.63, 3.8) is 0 Å². The van der Waals surface area contributed by atoms with Gasteiger partial charge in [-0.15, -0.1) is 0 Å². The van der Waals surface area contributed by atoms with E-state index in [0.29, 0.717) is 30.2 Å². The average Bonchev–Trinajstić information content (AvgIpc) is 2.93. The van der Waals surface area contributed by atoms with Crippen LogP contribution in [0.15, 0.2) is 30.3 Å². The van der Waals surface area contributed by atoms with Crippen molar-refractivity contribution >= 4 is 5.91 Å². The summed E-state index contributed by atoms with van der Waals surface area (Å²) in [4.78, 5) is 23.3. The summed E-state index contributed by atoms with van der Waals surface area (Å²) < 4.78 is 10.3. The standard InChI is InChI=1S/C20H23N3O4/c1-26-17-9-16(21-20(22-17)27-2)12-4-3-5-13(8-12)19(25)23-10-14-6-7-15(11-23)18(14)24/h3-5,8-9,14-15,18,24H,6-7,10-11H2,1-2H3/t14-,15+,18?. The first-order valence-corrected chi connectivity index (χ1v) is 9.14. The van der Waals surface area contributed by atoms with E-state index in [-0.39, 0.29) is 29.9 Å². The Morgan fingerprint density at radius 1 is 1.11 bits per heavy atom. The molecule has 2 bridgehead atoms. The van der Waals surface area contributed by atoms with Crippen molar-refractivity contribution < 1.29 is 19.4 Å². The van der Waals surface area contributed by atoms with E-state index in [0.717, 1.165) is 18.4 Å². The number of nitrogens with zero attached hydrogens (tertiary/aromatic N) is 3. The van der Waals surface area contributed by atoms with Gasteiger partial charge in [0.2, 0.25) is 5.88 Å². The Kier molecular flexibility index (Phi) is 4.70.